The molecule has 0 saturated heterocycles. The maximum absolute atomic E-state index is 11.4. The van der Waals surface area contributed by atoms with Gasteiger partial charge in [-0.25, -0.2) is 0 Å². The molecule has 0 saturated carbocycles. The van der Waals surface area contributed by atoms with Gasteiger partial charge in [0.25, 0.3) is 0 Å². The summed E-state index contributed by atoms with van der Waals surface area (Å²) in [7, 11) is 0. The third-order valence-electron chi connectivity index (χ3n) is 2.41. The first kappa shape index (κ1) is 14.4. The van der Waals surface area contributed by atoms with Crippen molar-refractivity contribution in [2.75, 3.05) is 13.1 Å². The minimum absolute atomic E-state index is 0.0983. The van der Waals surface area contributed by atoms with E-state index in [2.05, 4.69) is 22.5 Å². The molecule has 98 valence electrons. The Bertz CT molecular complexity index is 279. The molecular weight excluding hydrogens is 234 g/mol. The van der Waals surface area contributed by atoms with Gasteiger partial charge >= 0.3 is 0 Å². The molecule has 0 aromatic heterocycles. The number of amidine groups is 1. The Morgan fingerprint density at radius 1 is 1.59 bits per heavy atom. The summed E-state index contributed by atoms with van der Waals surface area (Å²) in [5.74, 6) is 0.0983. The van der Waals surface area contributed by atoms with Crippen molar-refractivity contribution in [3.8, 4) is 0 Å². The molecule has 4 nitrogen and oxygen atoms in total. The highest BCUT2D eigenvalue weighted by molar-refractivity contribution is 8.14. The second kappa shape index (κ2) is 7.58. The fraction of sp³-hybridized carbons (Fsp3) is 0.833. The van der Waals surface area contributed by atoms with Gasteiger partial charge in [0.15, 0.2) is 5.17 Å². The van der Waals surface area contributed by atoms with Crippen molar-refractivity contribution in [1.82, 2.24) is 10.6 Å². The molecule has 1 unspecified atom stereocenters. The van der Waals surface area contributed by atoms with Crippen LogP contribution in [0.4, 0.5) is 0 Å². The summed E-state index contributed by atoms with van der Waals surface area (Å²) in [6.45, 7) is 7.72. The van der Waals surface area contributed by atoms with Crippen molar-refractivity contribution in [2.45, 2.75) is 51.3 Å². The Balaban J connectivity index is 2.10. The van der Waals surface area contributed by atoms with Gasteiger partial charge in [0.05, 0.1) is 6.54 Å². The number of carbonyl (C=O) groups excluding carboxylic acids is 1. The first-order chi connectivity index (χ1) is 8.11. The zero-order valence-corrected chi connectivity index (χ0v) is 11.8. The van der Waals surface area contributed by atoms with Crippen LogP contribution >= 0.6 is 11.8 Å². The van der Waals surface area contributed by atoms with Crippen LogP contribution in [-0.4, -0.2) is 35.5 Å². The smallest absolute Gasteiger partial charge is 0.221 e. The Kier molecular flexibility index (Phi) is 6.40. The fourth-order valence-electron chi connectivity index (χ4n) is 1.66. The molecule has 1 rings (SSSR count). The van der Waals surface area contributed by atoms with Gasteiger partial charge in [-0.1, -0.05) is 25.1 Å². The standard InChI is InChI=1S/C12H23N3OS/c1-4-5-10-8-14-12(17-10)13-7-6-11(16)15-9(2)3/h9-10H,4-8H2,1-3H3,(H,13,14)(H,15,16). The van der Waals surface area contributed by atoms with Crippen molar-refractivity contribution in [2.24, 2.45) is 4.99 Å². The third-order valence-corrected chi connectivity index (χ3v) is 3.62. The lowest BCUT2D eigenvalue weighted by atomic mass is 10.2. The van der Waals surface area contributed by atoms with Crippen LogP contribution in [0, 0.1) is 0 Å². The van der Waals surface area contributed by atoms with Crippen LogP contribution in [0.25, 0.3) is 0 Å². The molecule has 17 heavy (non-hydrogen) atoms. The average Bonchev–Trinajstić information content (AvgIpc) is 2.65. The van der Waals surface area contributed by atoms with Crippen LogP contribution in [0.5, 0.6) is 0 Å². The van der Waals surface area contributed by atoms with Gasteiger partial charge in [-0.05, 0) is 20.3 Å². The Morgan fingerprint density at radius 2 is 2.35 bits per heavy atom. The SMILES string of the molecule is CCCC1CN=C(NCCC(=O)NC(C)C)S1. The van der Waals surface area contributed by atoms with E-state index in [0.717, 1.165) is 11.7 Å². The van der Waals surface area contributed by atoms with Gasteiger partial charge in [0.2, 0.25) is 5.91 Å². The molecule has 1 atom stereocenters. The van der Waals surface area contributed by atoms with E-state index in [1.165, 1.54) is 12.8 Å². The minimum atomic E-state index is 0.0983. The quantitative estimate of drug-likeness (QED) is 0.762. The number of thioether (sulfide) groups is 1. The highest BCUT2D eigenvalue weighted by Gasteiger charge is 2.18. The number of nitrogens with zero attached hydrogens (tertiary/aromatic N) is 1. The molecule has 1 aliphatic rings. The number of amides is 1. The zero-order valence-electron chi connectivity index (χ0n) is 11.0. The fourth-order valence-corrected chi connectivity index (χ4v) is 2.82. The van der Waals surface area contributed by atoms with E-state index in [0.29, 0.717) is 18.2 Å². The molecule has 0 spiro atoms. The van der Waals surface area contributed by atoms with Gasteiger partial charge in [-0.15, -0.1) is 0 Å². The molecule has 0 fully saturated rings. The zero-order chi connectivity index (χ0) is 12.7. The van der Waals surface area contributed by atoms with Crippen LogP contribution in [0.1, 0.15) is 40.0 Å². The Hall–Kier alpha value is -0.710. The van der Waals surface area contributed by atoms with Gasteiger partial charge < -0.3 is 10.6 Å². The Labute approximate surface area is 108 Å². The monoisotopic (exact) mass is 257 g/mol. The van der Waals surface area contributed by atoms with Crippen LogP contribution in [0.3, 0.4) is 0 Å². The van der Waals surface area contributed by atoms with E-state index in [1.54, 1.807) is 0 Å². The normalized spacial score (nSPS) is 19.3. The van der Waals surface area contributed by atoms with E-state index in [4.69, 9.17) is 0 Å². The topological polar surface area (TPSA) is 53.5 Å². The predicted octanol–water partition coefficient (Wildman–Crippen LogP) is 1.76. The number of hydrogen-bond acceptors (Lipinski definition) is 4. The molecule has 5 heteroatoms. The third kappa shape index (κ3) is 5.96. The van der Waals surface area contributed by atoms with E-state index >= 15 is 0 Å². The van der Waals surface area contributed by atoms with E-state index in [9.17, 15) is 4.79 Å². The van der Waals surface area contributed by atoms with Crippen LogP contribution in [0.15, 0.2) is 4.99 Å². The van der Waals surface area contributed by atoms with Crippen molar-refractivity contribution in [1.29, 1.82) is 0 Å². The first-order valence-corrected chi connectivity index (χ1v) is 7.24. The average molecular weight is 257 g/mol. The number of carbonyl (C=O) groups is 1. The highest BCUT2D eigenvalue weighted by Crippen LogP contribution is 2.23. The number of rotatable bonds is 6. The molecular formula is C12H23N3OS. The molecule has 0 aliphatic carbocycles. The predicted molar refractivity (Wildman–Crippen MR) is 74.5 cm³/mol. The summed E-state index contributed by atoms with van der Waals surface area (Å²) in [5, 5.41) is 7.73. The maximum atomic E-state index is 11.4. The van der Waals surface area contributed by atoms with Crippen LogP contribution in [-0.2, 0) is 4.79 Å². The molecule has 0 radical (unpaired) electrons. The molecule has 0 aromatic carbocycles. The molecule has 0 aromatic rings. The van der Waals surface area contributed by atoms with Crippen LogP contribution in [0.2, 0.25) is 0 Å². The summed E-state index contributed by atoms with van der Waals surface area (Å²) in [6.07, 6.45) is 2.93. The summed E-state index contributed by atoms with van der Waals surface area (Å²) in [4.78, 5) is 15.8. The summed E-state index contributed by atoms with van der Waals surface area (Å²) >= 11 is 1.81. The second-order valence-electron chi connectivity index (χ2n) is 4.57. The highest BCUT2D eigenvalue weighted by atomic mass is 32.2. The first-order valence-electron chi connectivity index (χ1n) is 6.36. The van der Waals surface area contributed by atoms with Gasteiger partial charge in [0, 0.05) is 24.3 Å². The van der Waals surface area contributed by atoms with Gasteiger partial charge in [-0.2, -0.15) is 0 Å². The summed E-state index contributed by atoms with van der Waals surface area (Å²) in [5.41, 5.74) is 0. The lowest BCUT2D eigenvalue weighted by molar-refractivity contribution is -0.121. The van der Waals surface area contributed by atoms with Gasteiger partial charge in [-0.3, -0.25) is 9.79 Å². The maximum Gasteiger partial charge on any atom is 0.221 e. The number of nitrogens with one attached hydrogen (secondary N) is 2. The minimum Gasteiger partial charge on any atom is -0.364 e. The Morgan fingerprint density at radius 3 is 3.00 bits per heavy atom. The number of hydrogen-bond donors (Lipinski definition) is 2. The van der Waals surface area contributed by atoms with Gasteiger partial charge in [0.1, 0.15) is 0 Å². The van der Waals surface area contributed by atoms with E-state index < -0.39 is 0 Å². The molecule has 0 bridgehead atoms. The molecule has 1 aliphatic heterocycles. The van der Waals surface area contributed by atoms with Crippen molar-refractivity contribution in [3.05, 3.63) is 0 Å². The lowest BCUT2D eigenvalue weighted by Gasteiger charge is -2.09. The van der Waals surface area contributed by atoms with E-state index in [-0.39, 0.29) is 11.9 Å². The van der Waals surface area contributed by atoms with Crippen molar-refractivity contribution in [3.63, 3.8) is 0 Å². The summed E-state index contributed by atoms with van der Waals surface area (Å²) < 4.78 is 0. The molecule has 1 amide bonds. The molecule has 1 heterocycles. The van der Waals surface area contributed by atoms with E-state index in [1.807, 2.05) is 25.6 Å². The van der Waals surface area contributed by atoms with Crippen LogP contribution < -0.4 is 10.6 Å². The van der Waals surface area contributed by atoms with Crippen molar-refractivity contribution < 1.29 is 4.79 Å². The lowest BCUT2D eigenvalue weighted by Crippen LogP contribution is -2.33. The summed E-state index contributed by atoms with van der Waals surface area (Å²) in [6, 6.07) is 0.217. The number of aliphatic imine (C=N–C) groups is 1. The van der Waals surface area contributed by atoms with Crippen molar-refractivity contribution >= 4 is 22.8 Å². The molecule has 2 N–H and O–H groups in total. The largest absolute Gasteiger partial charge is 0.364 e. The second-order valence-corrected chi connectivity index (χ2v) is 5.86.